The number of hydrogen-bond donors (Lipinski definition) is 2. The van der Waals surface area contributed by atoms with Gasteiger partial charge in [-0.15, -0.1) is 5.10 Å². The van der Waals surface area contributed by atoms with Crippen LogP contribution in [0.15, 0.2) is 83.5 Å². The number of aryl methyl sites for hydroxylation is 1. The number of nitrogens with one attached hydrogen (secondary N) is 1. The summed E-state index contributed by atoms with van der Waals surface area (Å²) in [6.07, 6.45) is 1.74. The molecule has 1 spiro atoms. The Morgan fingerprint density at radius 3 is 2.58 bits per heavy atom. The number of nitrogens with zero attached hydrogens (tertiary/aromatic N) is 5. The molecule has 7 rings (SSSR count). The Labute approximate surface area is 300 Å². The van der Waals surface area contributed by atoms with Crippen LogP contribution in [0.3, 0.4) is 0 Å². The van der Waals surface area contributed by atoms with Crippen molar-refractivity contribution >= 4 is 47.5 Å². The van der Waals surface area contributed by atoms with Crippen LogP contribution in [-0.4, -0.2) is 72.7 Å². The van der Waals surface area contributed by atoms with Gasteiger partial charge in [0.1, 0.15) is 0 Å². The van der Waals surface area contributed by atoms with Crippen molar-refractivity contribution in [2.75, 3.05) is 36.0 Å². The van der Waals surface area contributed by atoms with Crippen LogP contribution in [0.4, 0.5) is 15.5 Å². The monoisotopic (exact) mass is 760 g/mol. The van der Waals surface area contributed by atoms with E-state index >= 15 is 4.11 Å². The van der Waals surface area contributed by atoms with Gasteiger partial charge in [-0.3, -0.25) is 14.3 Å². The highest BCUT2D eigenvalue weighted by Gasteiger charge is 2.66. The molecule has 13 heteroatoms. The molecule has 1 aromatic heterocycles. The molecule has 3 aromatic carbocycles. The van der Waals surface area contributed by atoms with Crippen molar-refractivity contribution in [3.63, 3.8) is 0 Å². The second-order valence-corrected chi connectivity index (χ2v) is 18.8. The first kappa shape index (κ1) is 34.7. The number of aliphatic hydroxyl groups excluding tert-OH is 1. The van der Waals surface area contributed by atoms with Crippen LogP contribution >= 0.6 is 15.9 Å². The molecule has 3 aliphatic rings. The fraction of sp³-hybridized carbons (Fsp3) is 0.405. The first-order chi connectivity index (χ1) is 24.0. The van der Waals surface area contributed by atoms with E-state index in [1.54, 1.807) is 27.6 Å². The summed E-state index contributed by atoms with van der Waals surface area (Å²) >= 11 is 3.62. The first-order valence-electron chi connectivity index (χ1n) is 17.2. The second kappa shape index (κ2) is 13.8. The van der Waals surface area contributed by atoms with Gasteiger partial charge in [0.2, 0.25) is 14.3 Å². The topological polar surface area (TPSA) is 113 Å². The molecule has 10 nitrogen and oxygen atoms in total. The summed E-state index contributed by atoms with van der Waals surface area (Å²) in [5, 5.41) is 21.9. The average Bonchev–Trinajstić information content (AvgIpc) is 3.75. The van der Waals surface area contributed by atoms with E-state index in [0.717, 1.165) is 39.1 Å². The summed E-state index contributed by atoms with van der Waals surface area (Å²) in [7, 11) is -3.36. The van der Waals surface area contributed by atoms with E-state index in [1.165, 1.54) is 0 Å². The lowest BCUT2D eigenvalue weighted by Crippen LogP contribution is -2.48. The molecule has 0 aliphatic carbocycles. The molecule has 2 N–H and O–H groups in total. The summed E-state index contributed by atoms with van der Waals surface area (Å²) in [5.74, 6) is -0.892. The highest BCUT2D eigenvalue weighted by molar-refractivity contribution is 9.10. The third-order valence-electron chi connectivity index (χ3n) is 10.5. The van der Waals surface area contributed by atoms with Gasteiger partial charge in [-0.05, 0) is 61.0 Å². The van der Waals surface area contributed by atoms with Crippen LogP contribution < -0.4 is 15.1 Å². The lowest BCUT2D eigenvalue weighted by Gasteiger charge is -2.31. The van der Waals surface area contributed by atoms with Crippen LogP contribution in [0.1, 0.15) is 41.6 Å². The molecule has 262 valence electrons. The van der Waals surface area contributed by atoms with E-state index in [9.17, 15) is 14.7 Å². The van der Waals surface area contributed by atoms with Crippen molar-refractivity contribution in [1.29, 1.82) is 0 Å². The van der Waals surface area contributed by atoms with Gasteiger partial charge in [-0.1, -0.05) is 70.5 Å². The maximum atomic E-state index is 16.4. The summed E-state index contributed by atoms with van der Waals surface area (Å²) in [4.78, 5) is 30.7. The number of halogens is 2. The number of aromatic nitrogens is 3. The molecule has 0 saturated carbocycles. The van der Waals surface area contributed by atoms with Crippen LogP contribution in [-0.2, 0) is 33.0 Å². The molecule has 0 bridgehead atoms. The molecule has 2 amide bonds. The standard InChI is InChI=1S/C37H42BrFN6O4Si/c1-24-35(50(2,3)39)33(15-17-43-22-31(41-42-43)29(23-46)26-7-5-4-6-8-26)49-37(24)30-19-27(38)11-14-32(30)45(36(37)48)21-25-9-12-28(13-10-25)44-18-16-40-20-34(44)47/h4-14,19,22,24,29,33,35,40,46H,15-18,20-21,23H2,1-3H3/t24-,29?,33+,35-,37+/m0/s1. The maximum absolute atomic E-state index is 16.4. The lowest BCUT2D eigenvalue weighted by molar-refractivity contribution is -0.146. The minimum absolute atomic E-state index is 0.0294. The molecular weight excluding hydrogens is 719 g/mol. The summed E-state index contributed by atoms with van der Waals surface area (Å²) in [6, 6.07) is 23.2. The number of carbonyl (C=O) groups is 2. The van der Waals surface area contributed by atoms with Crippen LogP contribution in [0.25, 0.3) is 0 Å². The van der Waals surface area contributed by atoms with Gasteiger partial charge in [-0.25, -0.2) is 0 Å². The zero-order chi connectivity index (χ0) is 35.2. The minimum Gasteiger partial charge on any atom is -0.395 e. The van der Waals surface area contributed by atoms with E-state index in [2.05, 4.69) is 31.6 Å². The summed E-state index contributed by atoms with van der Waals surface area (Å²) in [6.45, 7) is 7.64. The molecule has 3 aliphatic heterocycles. The molecule has 2 saturated heterocycles. The number of hydrogen-bond acceptors (Lipinski definition) is 7. The zero-order valence-electron chi connectivity index (χ0n) is 28.4. The fourth-order valence-corrected chi connectivity index (χ4v) is 11.1. The first-order valence-corrected chi connectivity index (χ1v) is 20.9. The molecule has 5 atom stereocenters. The minimum atomic E-state index is -3.36. The Hall–Kier alpha value is -3.75. The van der Waals surface area contributed by atoms with E-state index in [4.69, 9.17) is 4.74 Å². The predicted octanol–water partition coefficient (Wildman–Crippen LogP) is 5.51. The molecule has 4 heterocycles. The number of amides is 2. The Morgan fingerprint density at radius 1 is 1.12 bits per heavy atom. The highest BCUT2D eigenvalue weighted by atomic mass is 79.9. The Balaban J connectivity index is 1.15. The van der Waals surface area contributed by atoms with Crippen molar-refractivity contribution in [2.45, 2.75) is 62.7 Å². The smallest absolute Gasteiger partial charge is 0.264 e. The maximum Gasteiger partial charge on any atom is 0.264 e. The number of carbonyl (C=O) groups excluding carboxylic acids is 2. The SMILES string of the molecule is C[C@H]1[C@H]([Si](C)(C)F)[C@@H](CCn2cc(C(CO)c3ccccc3)nn2)O[C@]12C(=O)N(Cc1ccc(N3CCNCC3=O)cc1)c1ccc(Br)cc12. The van der Waals surface area contributed by atoms with Gasteiger partial charge in [0.05, 0.1) is 43.1 Å². The van der Waals surface area contributed by atoms with Crippen LogP contribution in [0, 0.1) is 5.92 Å². The Kier molecular flexibility index (Phi) is 9.54. The number of piperazine rings is 1. The third kappa shape index (κ3) is 6.23. The van der Waals surface area contributed by atoms with Gasteiger partial charge in [0, 0.05) is 53.0 Å². The molecule has 1 unspecified atom stereocenters. The van der Waals surface area contributed by atoms with Crippen molar-refractivity contribution in [3.05, 3.63) is 106 Å². The molecule has 0 radical (unpaired) electrons. The van der Waals surface area contributed by atoms with Crippen LogP contribution in [0.2, 0.25) is 18.6 Å². The van der Waals surface area contributed by atoms with Gasteiger partial charge in [0.15, 0.2) is 5.60 Å². The predicted molar refractivity (Wildman–Crippen MR) is 195 cm³/mol. The normalized spacial score (nSPS) is 24.3. The number of rotatable bonds is 10. The summed E-state index contributed by atoms with van der Waals surface area (Å²) in [5.41, 5.74) is 3.04. The highest BCUT2D eigenvalue weighted by Crippen LogP contribution is 2.60. The molecular formula is C37H42BrFN6O4Si. The number of ether oxygens (including phenoxy) is 1. The fourth-order valence-electron chi connectivity index (χ4n) is 8.19. The van der Waals surface area contributed by atoms with Crippen molar-refractivity contribution in [3.8, 4) is 0 Å². The number of aliphatic hydroxyl groups is 1. The quantitative estimate of drug-likeness (QED) is 0.162. The van der Waals surface area contributed by atoms with E-state index < -0.39 is 31.6 Å². The van der Waals surface area contributed by atoms with Gasteiger partial charge < -0.3 is 29.1 Å². The molecule has 50 heavy (non-hydrogen) atoms. The number of anilines is 2. The molecule has 2 fully saturated rings. The molecule has 4 aromatic rings. The Bertz CT molecular complexity index is 1870. The van der Waals surface area contributed by atoms with Crippen molar-refractivity contribution in [1.82, 2.24) is 20.3 Å². The van der Waals surface area contributed by atoms with Gasteiger partial charge in [-0.2, -0.15) is 0 Å². The van der Waals surface area contributed by atoms with Crippen molar-refractivity contribution < 1.29 is 23.5 Å². The van der Waals surface area contributed by atoms with Crippen molar-refractivity contribution in [2.24, 2.45) is 5.92 Å². The van der Waals surface area contributed by atoms with E-state index in [0.29, 0.717) is 38.3 Å². The lowest BCUT2D eigenvalue weighted by atomic mass is 9.82. The number of fused-ring (bicyclic) bond motifs is 2. The summed E-state index contributed by atoms with van der Waals surface area (Å²) < 4.78 is 25.8. The van der Waals surface area contributed by atoms with Gasteiger partial charge >= 0.3 is 0 Å². The van der Waals surface area contributed by atoms with E-state index in [1.807, 2.05) is 85.9 Å². The van der Waals surface area contributed by atoms with Crippen LogP contribution in [0.5, 0.6) is 0 Å². The third-order valence-corrected chi connectivity index (χ3v) is 13.5. The number of benzene rings is 3. The van der Waals surface area contributed by atoms with E-state index in [-0.39, 0.29) is 24.3 Å². The van der Waals surface area contributed by atoms with Gasteiger partial charge in [0.25, 0.3) is 5.91 Å². The average molecular weight is 762 g/mol. The zero-order valence-corrected chi connectivity index (χ0v) is 31.0. The largest absolute Gasteiger partial charge is 0.395 e. The Morgan fingerprint density at radius 2 is 1.88 bits per heavy atom. The second-order valence-electron chi connectivity index (χ2n) is 14.1.